The van der Waals surface area contributed by atoms with E-state index in [2.05, 4.69) is 28.6 Å². The van der Waals surface area contributed by atoms with E-state index < -0.39 is 0 Å². The molecule has 3 heteroatoms. The van der Waals surface area contributed by atoms with Gasteiger partial charge in [0.2, 0.25) is 0 Å². The molecule has 0 aliphatic heterocycles. The molecule has 0 fully saturated rings. The van der Waals surface area contributed by atoms with Gasteiger partial charge in [-0.15, -0.1) is 11.8 Å². The quantitative estimate of drug-likeness (QED) is 0.733. The molecule has 12 heavy (non-hydrogen) atoms. The molecule has 0 bridgehead atoms. The van der Waals surface area contributed by atoms with Crippen molar-refractivity contribution < 1.29 is 0 Å². The predicted molar refractivity (Wildman–Crippen MR) is 59.9 cm³/mol. The van der Waals surface area contributed by atoms with E-state index in [9.17, 15) is 0 Å². The molecule has 0 saturated heterocycles. The first-order valence-electron chi connectivity index (χ1n) is 3.41. The van der Waals surface area contributed by atoms with Crippen molar-refractivity contribution in [2.45, 2.75) is 4.90 Å². The maximum absolute atomic E-state index is 5.65. The molecule has 0 aromatic heterocycles. The van der Waals surface area contributed by atoms with Crippen LogP contribution < -0.4 is 0 Å². The Hall–Kier alpha value is 0.0800. The van der Waals surface area contributed by atoms with Gasteiger partial charge in [0.05, 0.1) is 0 Å². The van der Waals surface area contributed by atoms with Crippen LogP contribution in [-0.4, -0.2) is 5.75 Å². The number of rotatable bonds is 3. The summed E-state index contributed by atoms with van der Waals surface area (Å²) in [5, 5.41) is 0.677. The molecule has 0 N–H and O–H groups in total. The van der Waals surface area contributed by atoms with E-state index in [1.165, 1.54) is 4.90 Å². The van der Waals surface area contributed by atoms with Gasteiger partial charge in [0, 0.05) is 20.2 Å². The van der Waals surface area contributed by atoms with Gasteiger partial charge in [0.25, 0.3) is 0 Å². The summed E-state index contributed by atoms with van der Waals surface area (Å²) in [5.74, 6) is 0.754. The molecule has 0 heterocycles. The van der Waals surface area contributed by atoms with Crippen LogP contribution in [0.1, 0.15) is 0 Å². The highest BCUT2D eigenvalue weighted by atomic mass is 79.9. The Bertz CT molecular complexity index is 286. The zero-order chi connectivity index (χ0) is 8.97. The number of halogens is 2. The van der Waals surface area contributed by atoms with Crippen molar-refractivity contribution in [1.29, 1.82) is 0 Å². The molecule has 1 aromatic carbocycles. The van der Waals surface area contributed by atoms with Crippen LogP contribution in [0.5, 0.6) is 0 Å². The lowest BCUT2D eigenvalue weighted by atomic mass is 10.4. The van der Waals surface area contributed by atoms with Gasteiger partial charge in [-0.25, -0.2) is 0 Å². The summed E-state index contributed by atoms with van der Waals surface area (Å²) in [6.07, 6.45) is 0. The fourth-order valence-corrected chi connectivity index (χ4v) is 2.20. The first-order chi connectivity index (χ1) is 5.70. The molecule has 0 unspecified atom stereocenters. The molecule has 0 atom stereocenters. The third kappa shape index (κ3) is 3.21. The highest BCUT2D eigenvalue weighted by Gasteiger charge is 1.98. The van der Waals surface area contributed by atoms with Crippen molar-refractivity contribution in [3.05, 3.63) is 40.3 Å². The second-order valence-electron chi connectivity index (χ2n) is 2.24. The van der Waals surface area contributed by atoms with E-state index in [4.69, 9.17) is 11.6 Å². The normalized spacial score (nSPS) is 9.83. The molecule has 0 aliphatic carbocycles. The Morgan fingerprint density at radius 2 is 2.17 bits per heavy atom. The molecule has 0 radical (unpaired) electrons. The minimum absolute atomic E-state index is 0.677. The lowest BCUT2D eigenvalue weighted by molar-refractivity contribution is 1.40. The Morgan fingerprint density at radius 1 is 1.50 bits per heavy atom. The molecule has 0 aliphatic rings. The third-order valence-corrected chi connectivity index (χ3v) is 3.63. The molecule has 0 nitrogen and oxygen atoms in total. The second-order valence-corrected chi connectivity index (χ2v) is 4.64. The van der Waals surface area contributed by atoms with Crippen molar-refractivity contribution >= 4 is 39.3 Å². The maximum atomic E-state index is 5.65. The van der Waals surface area contributed by atoms with Gasteiger partial charge in [0.15, 0.2) is 0 Å². The van der Waals surface area contributed by atoms with E-state index in [-0.39, 0.29) is 0 Å². The third-order valence-electron chi connectivity index (χ3n) is 1.22. The van der Waals surface area contributed by atoms with Gasteiger partial charge in [-0.3, -0.25) is 0 Å². The van der Waals surface area contributed by atoms with E-state index in [1.807, 2.05) is 18.2 Å². The zero-order valence-corrected chi connectivity index (χ0v) is 9.55. The average molecular weight is 264 g/mol. The first-order valence-corrected chi connectivity index (χ1v) is 5.56. The summed E-state index contributed by atoms with van der Waals surface area (Å²) in [7, 11) is 0. The summed E-state index contributed by atoms with van der Waals surface area (Å²) in [4.78, 5) is 1.19. The van der Waals surface area contributed by atoms with E-state index in [0.29, 0.717) is 5.03 Å². The van der Waals surface area contributed by atoms with Crippen LogP contribution >= 0.6 is 39.3 Å². The van der Waals surface area contributed by atoms with Crippen LogP contribution in [0, 0.1) is 0 Å². The van der Waals surface area contributed by atoms with Gasteiger partial charge in [-0.05, 0) is 28.1 Å². The standard InChI is InChI=1S/C9H8BrClS/c1-7(11)6-12-9-5-3-2-4-8(9)10/h2-5H,1,6H2. The SMILES string of the molecule is C=C(Cl)CSc1ccccc1Br. The Kier molecular flexibility index (Phi) is 4.19. The summed E-state index contributed by atoms with van der Waals surface area (Å²) in [5.41, 5.74) is 0. The number of thioether (sulfide) groups is 1. The largest absolute Gasteiger partial charge is 0.119 e. The maximum Gasteiger partial charge on any atom is 0.0334 e. The topological polar surface area (TPSA) is 0 Å². The van der Waals surface area contributed by atoms with E-state index in [0.717, 1.165) is 10.2 Å². The van der Waals surface area contributed by atoms with Crippen molar-refractivity contribution in [1.82, 2.24) is 0 Å². The Balaban J connectivity index is 2.63. The van der Waals surface area contributed by atoms with E-state index >= 15 is 0 Å². The smallest absolute Gasteiger partial charge is 0.0334 e. The Labute approximate surface area is 90.1 Å². The minimum Gasteiger partial charge on any atom is -0.119 e. The molecular formula is C9H8BrClS. The summed E-state index contributed by atoms with van der Waals surface area (Å²) in [6, 6.07) is 8.06. The monoisotopic (exact) mass is 262 g/mol. The fourth-order valence-electron chi connectivity index (χ4n) is 0.718. The number of hydrogen-bond acceptors (Lipinski definition) is 1. The van der Waals surface area contributed by atoms with Crippen LogP contribution in [0.2, 0.25) is 0 Å². The van der Waals surface area contributed by atoms with Crippen LogP contribution in [-0.2, 0) is 0 Å². The zero-order valence-electron chi connectivity index (χ0n) is 6.39. The molecule has 1 aromatic rings. The lowest BCUT2D eigenvalue weighted by Gasteiger charge is -2.01. The van der Waals surface area contributed by atoms with Crippen LogP contribution in [0.15, 0.2) is 45.2 Å². The average Bonchev–Trinajstić information content (AvgIpc) is 2.03. The summed E-state index contributed by atoms with van der Waals surface area (Å²) < 4.78 is 1.10. The van der Waals surface area contributed by atoms with Crippen LogP contribution in [0.25, 0.3) is 0 Å². The minimum atomic E-state index is 0.677. The van der Waals surface area contributed by atoms with Gasteiger partial charge in [-0.2, -0.15) is 0 Å². The number of hydrogen-bond donors (Lipinski definition) is 0. The lowest BCUT2D eigenvalue weighted by Crippen LogP contribution is -1.78. The van der Waals surface area contributed by atoms with Crippen LogP contribution in [0.4, 0.5) is 0 Å². The summed E-state index contributed by atoms with van der Waals surface area (Å²) in [6.45, 7) is 3.63. The predicted octanol–water partition coefficient (Wildman–Crippen LogP) is 4.29. The van der Waals surface area contributed by atoms with E-state index in [1.54, 1.807) is 11.8 Å². The van der Waals surface area contributed by atoms with Crippen molar-refractivity contribution in [2.75, 3.05) is 5.75 Å². The van der Waals surface area contributed by atoms with Gasteiger partial charge in [0.1, 0.15) is 0 Å². The molecular weight excluding hydrogens is 256 g/mol. The van der Waals surface area contributed by atoms with Crippen molar-refractivity contribution in [3.63, 3.8) is 0 Å². The second kappa shape index (κ2) is 4.95. The fraction of sp³-hybridized carbons (Fsp3) is 0.111. The molecule has 1 rings (SSSR count). The first kappa shape index (κ1) is 10.2. The van der Waals surface area contributed by atoms with Gasteiger partial charge < -0.3 is 0 Å². The molecule has 0 saturated carbocycles. The van der Waals surface area contributed by atoms with Crippen molar-refractivity contribution in [3.8, 4) is 0 Å². The molecule has 64 valence electrons. The van der Waals surface area contributed by atoms with Crippen molar-refractivity contribution in [2.24, 2.45) is 0 Å². The molecule has 0 spiro atoms. The summed E-state index contributed by atoms with van der Waals surface area (Å²) >= 11 is 10.8. The van der Waals surface area contributed by atoms with Crippen LogP contribution in [0.3, 0.4) is 0 Å². The van der Waals surface area contributed by atoms with Gasteiger partial charge in [-0.1, -0.05) is 30.3 Å². The highest BCUT2D eigenvalue weighted by molar-refractivity contribution is 9.10. The van der Waals surface area contributed by atoms with Gasteiger partial charge >= 0.3 is 0 Å². The highest BCUT2D eigenvalue weighted by Crippen LogP contribution is 2.28. The Morgan fingerprint density at radius 3 is 2.75 bits per heavy atom. The number of benzene rings is 1. The molecule has 0 amide bonds.